The van der Waals surface area contributed by atoms with E-state index < -0.39 is 10.0 Å². The van der Waals surface area contributed by atoms with E-state index >= 15 is 0 Å². The van der Waals surface area contributed by atoms with E-state index in [-0.39, 0.29) is 4.90 Å². The predicted molar refractivity (Wildman–Crippen MR) is 81.4 cm³/mol. The maximum absolute atomic E-state index is 12.5. The minimum atomic E-state index is -3.54. The first kappa shape index (κ1) is 14.4. The molecule has 114 valence electrons. The number of benzene rings is 1. The molecule has 2 aromatic rings. The van der Waals surface area contributed by atoms with Crippen LogP contribution in [0.3, 0.4) is 0 Å². The fourth-order valence-corrected chi connectivity index (χ4v) is 3.87. The number of rotatable bonds is 4. The monoisotopic (exact) mass is 309 g/mol. The molecule has 0 spiro atoms. The van der Waals surface area contributed by atoms with E-state index in [1.54, 1.807) is 18.2 Å². The second-order valence-electron chi connectivity index (χ2n) is 5.37. The Bertz CT molecular complexity index is 733. The molecule has 0 unspecified atom stereocenters. The van der Waals surface area contributed by atoms with Crippen molar-refractivity contribution < 1.29 is 13.2 Å². The van der Waals surface area contributed by atoms with Gasteiger partial charge in [-0.15, -0.1) is 0 Å². The summed E-state index contributed by atoms with van der Waals surface area (Å²) in [5.74, 6) is 0.337. The van der Waals surface area contributed by atoms with Crippen molar-refractivity contribution in [3.8, 4) is 0 Å². The first-order chi connectivity index (χ1) is 10.1. The molecule has 1 aliphatic heterocycles. The zero-order chi connectivity index (χ0) is 14.9. The molecule has 1 aromatic carbocycles. The van der Waals surface area contributed by atoms with Gasteiger partial charge in [0, 0.05) is 42.5 Å². The number of aromatic amines is 1. The molecule has 1 fully saturated rings. The number of nitrogens with one attached hydrogen (secondary N) is 2. The van der Waals surface area contributed by atoms with Crippen LogP contribution in [0.4, 0.5) is 5.69 Å². The number of fused-ring (bicyclic) bond motifs is 1. The van der Waals surface area contributed by atoms with Gasteiger partial charge in [0.1, 0.15) is 4.90 Å². The molecule has 6 nitrogen and oxygen atoms in total. The van der Waals surface area contributed by atoms with Gasteiger partial charge in [-0.1, -0.05) is 0 Å². The third-order valence-electron chi connectivity index (χ3n) is 3.86. The molecule has 1 aliphatic rings. The highest BCUT2D eigenvalue weighted by molar-refractivity contribution is 7.89. The summed E-state index contributed by atoms with van der Waals surface area (Å²) in [7, 11) is -3.54. The fourth-order valence-electron chi connectivity index (χ4n) is 2.59. The van der Waals surface area contributed by atoms with Crippen LogP contribution in [0.1, 0.15) is 12.8 Å². The highest BCUT2D eigenvalue weighted by atomic mass is 32.2. The normalized spacial score (nSPS) is 17.3. The van der Waals surface area contributed by atoms with Crippen molar-refractivity contribution in [2.75, 3.05) is 25.5 Å². The van der Waals surface area contributed by atoms with Gasteiger partial charge >= 0.3 is 0 Å². The van der Waals surface area contributed by atoms with E-state index in [1.165, 1.54) is 6.20 Å². The Morgan fingerprint density at radius 2 is 2.10 bits per heavy atom. The molecular formula is C14H19N3O3S. The number of anilines is 1. The number of ether oxygens (including phenoxy) is 1. The highest BCUT2D eigenvalue weighted by Crippen LogP contribution is 2.25. The summed E-state index contributed by atoms with van der Waals surface area (Å²) in [5, 5.41) is 0.620. The average Bonchev–Trinajstić information content (AvgIpc) is 2.90. The second-order valence-corrected chi connectivity index (χ2v) is 7.10. The molecule has 2 heterocycles. The van der Waals surface area contributed by atoms with Crippen LogP contribution in [0.2, 0.25) is 0 Å². The molecule has 21 heavy (non-hydrogen) atoms. The Hall–Kier alpha value is -1.57. The molecule has 0 bridgehead atoms. The van der Waals surface area contributed by atoms with E-state index in [4.69, 9.17) is 10.5 Å². The predicted octanol–water partition coefficient (Wildman–Crippen LogP) is 1.45. The zero-order valence-corrected chi connectivity index (χ0v) is 12.4. The Labute approximate surface area is 123 Å². The lowest BCUT2D eigenvalue weighted by Gasteiger charge is -2.22. The van der Waals surface area contributed by atoms with E-state index in [0.29, 0.717) is 36.8 Å². The minimum absolute atomic E-state index is 0.247. The standard InChI is InChI=1S/C14H19N3O3S/c15-11-1-2-13-12(7-11)14(9-16-13)21(18,19)17-8-10-3-5-20-6-4-10/h1-2,7,9-10,16-17H,3-6,8,15H2. The van der Waals surface area contributed by atoms with Crippen molar-refractivity contribution in [2.24, 2.45) is 5.92 Å². The fraction of sp³-hybridized carbons (Fsp3) is 0.429. The van der Waals surface area contributed by atoms with Gasteiger partial charge in [0.05, 0.1) is 0 Å². The Kier molecular flexibility index (Phi) is 3.88. The molecule has 0 amide bonds. The maximum Gasteiger partial charge on any atom is 0.242 e. The van der Waals surface area contributed by atoms with E-state index in [2.05, 4.69) is 9.71 Å². The summed E-state index contributed by atoms with van der Waals surface area (Å²) in [6.45, 7) is 1.85. The minimum Gasteiger partial charge on any atom is -0.399 e. The van der Waals surface area contributed by atoms with Gasteiger partial charge < -0.3 is 15.5 Å². The van der Waals surface area contributed by atoms with Crippen LogP contribution in [0, 0.1) is 5.92 Å². The van der Waals surface area contributed by atoms with Gasteiger partial charge in [-0.3, -0.25) is 0 Å². The lowest BCUT2D eigenvalue weighted by molar-refractivity contribution is 0.0678. The van der Waals surface area contributed by atoms with Crippen LogP contribution in [-0.4, -0.2) is 33.2 Å². The molecule has 0 radical (unpaired) electrons. The third-order valence-corrected chi connectivity index (χ3v) is 5.32. The van der Waals surface area contributed by atoms with Crippen LogP contribution in [0.15, 0.2) is 29.3 Å². The molecule has 4 N–H and O–H groups in total. The second kappa shape index (κ2) is 5.67. The Balaban J connectivity index is 1.81. The first-order valence-electron chi connectivity index (χ1n) is 7.00. The number of aromatic nitrogens is 1. The largest absolute Gasteiger partial charge is 0.399 e. The summed E-state index contributed by atoms with van der Waals surface area (Å²) < 4.78 is 32.9. The Morgan fingerprint density at radius 3 is 2.86 bits per heavy atom. The van der Waals surface area contributed by atoms with Crippen LogP contribution in [-0.2, 0) is 14.8 Å². The molecule has 0 aliphatic carbocycles. The van der Waals surface area contributed by atoms with Gasteiger partial charge in [-0.2, -0.15) is 0 Å². The SMILES string of the molecule is Nc1ccc2[nH]cc(S(=O)(=O)NCC3CCOCC3)c2c1. The van der Waals surface area contributed by atoms with Crippen LogP contribution >= 0.6 is 0 Å². The van der Waals surface area contributed by atoms with E-state index in [0.717, 1.165) is 18.4 Å². The summed E-state index contributed by atoms with van der Waals surface area (Å²) in [4.78, 5) is 3.21. The molecule has 3 rings (SSSR count). The summed E-state index contributed by atoms with van der Waals surface area (Å²) in [6, 6.07) is 5.20. The number of nitrogens with two attached hydrogens (primary N) is 1. The number of nitrogen functional groups attached to an aromatic ring is 1. The van der Waals surface area contributed by atoms with E-state index in [9.17, 15) is 8.42 Å². The molecular weight excluding hydrogens is 290 g/mol. The smallest absolute Gasteiger partial charge is 0.242 e. The number of H-pyrrole nitrogens is 1. The summed E-state index contributed by atoms with van der Waals surface area (Å²) >= 11 is 0. The molecule has 0 atom stereocenters. The van der Waals surface area contributed by atoms with Crippen molar-refractivity contribution in [2.45, 2.75) is 17.7 Å². The van der Waals surface area contributed by atoms with Crippen LogP contribution in [0.25, 0.3) is 10.9 Å². The summed E-state index contributed by atoms with van der Waals surface area (Å²) in [5.41, 5.74) is 7.05. The van der Waals surface area contributed by atoms with Crippen molar-refractivity contribution in [3.05, 3.63) is 24.4 Å². The van der Waals surface area contributed by atoms with Crippen molar-refractivity contribution in [1.29, 1.82) is 0 Å². The summed E-state index contributed by atoms with van der Waals surface area (Å²) in [6.07, 6.45) is 3.29. The van der Waals surface area contributed by atoms with Gasteiger partial charge in [-0.25, -0.2) is 13.1 Å². The van der Waals surface area contributed by atoms with Crippen molar-refractivity contribution in [1.82, 2.24) is 9.71 Å². The van der Waals surface area contributed by atoms with Gasteiger partial charge in [0.2, 0.25) is 10.0 Å². The lowest BCUT2D eigenvalue weighted by atomic mass is 10.0. The molecule has 0 saturated carbocycles. The topological polar surface area (TPSA) is 97.2 Å². The maximum atomic E-state index is 12.5. The molecule has 1 saturated heterocycles. The van der Waals surface area contributed by atoms with Gasteiger partial charge in [0.25, 0.3) is 0 Å². The highest BCUT2D eigenvalue weighted by Gasteiger charge is 2.21. The third kappa shape index (κ3) is 3.04. The number of hydrogen-bond acceptors (Lipinski definition) is 4. The van der Waals surface area contributed by atoms with Gasteiger partial charge in [0.15, 0.2) is 0 Å². The van der Waals surface area contributed by atoms with Crippen LogP contribution in [0.5, 0.6) is 0 Å². The van der Waals surface area contributed by atoms with Gasteiger partial charge in [-0.05, 0) is 37.0 Å². The van der Waals surface area contributed by atoms with Crippen molar-refractivity contribution in [3.63, 3.8) is 0 Å². The lowest BCUT2D eigenvalue weighted by Crippen LogP contribution is -2.32. The average molecular weight is 309 g/mol. The van der Waals surface area contributed by atoms with E-state index in [1.807, 2.05) is 0 Å². The Morgan fingerprint density at radius 1 is 1.33 bits per heavy atom. The molecule has 7 heteroatoms. The molecule has 1 aromatic heterocycles. The first-order valence-corrected chi connectivity index (χ1v) is 8.48. The quantitative estimate of drug-likeness (QED) is 0.745. The van der Waals surface area contributed by atoms with Crippen LogP contribution < -0.4 is 10.5 Å². The number of sulfonamides is 1. The zero-order valence-electron chi connectivity index (χ0n) is 11.6. The van der Waals surface area contributed by atoms with Crippen molar-refractivity contribution >= 4 is 26.6 Å². The number of hydrogen-bond donors (Lipinski definition) is 3.